The van der Waals surface area contributed by atoms with E-state index in [1.54, 1.807) is 0 Å². The van der Waals surface area contributed by atoms with Gasteiger partial charge in [-0.2, -0.15) is 0 Å². The molecule has 10 heteroatoms. The number of aryl methyl sites for hydroxylation is 1. The van der Waals surface area contributed by atoms with E-state index in [0.29, 0.717) is 12.1 Å². The van der Waals surface area contributed by atoms with Gasteiger partial charge in [-0.3, -0.25) is 4.79 Å². The summed E-state index contributed by atoms with van der Waals surface area (Å²) < 4.78 is 18.3. The molecule has 3 aromatic rings. The van der Waals surface area contributed by atoms with E-state index in [4.69, 9.17) is 0 Å². The number of aromatic nitrogens is 2. The Balaban J connectivity index is 1.61. The lowest BCUT2D eigenvalue weighted by atomic mass is 10.1. The van der Waals surface area contributed by atoms with E-state index < -0.39 is 5.82 Å². The lowest BCUT2D eigenvalue weighted by Crippen LogP contribution is -2.19. The highest BCUT2D eigenvalue weighted by Gasteiger charge is 2.20. The Labute approximate surface area is 173 Å². The number of hydrogen-bond donors (Lipinski definition) is 3. The number of benzene rings is 2. The van der Waals surface area contributed by atoms with Crippen molar-refractivity contribution in [2.75, 3.05) is 10.6 Å². The van der Waals surface area contributed by atoms with Crippen molar-refractivity contribution in [3.05, 3.63) is 70.1 Å². The maximum absolute atomic E-state index is 13.4. The van der Waals surface area contributed by atoms with Gasteiger partial charge in [-0.05, 0) is 62.8 Å². The number of oxime groups is 1. The second-order valence-corrected chi connectivity index (χ2v) is 6.91. The molecule has 0 unspecified atom stereocenters. The highest BCUT2D eigenvalue weighted by molar-refractivity contribution is 9.10. The number of amides is 1. The van der Waals surface area contributed by atoms with Gasteiger partial charge in [0.1, 0.15) is 5.82 Å². The zero-order valence-electron chi connectivity index (χ0n) is 15.1. The third kappa shape index (κ3) is 5.61. The fourth-order valence-electron chi connectivity index (χ4n) is 2.56. The number of carbonyl (C=O) groups is 1. The second kappa shape index (κ2) is 9.78. The van der Waals surface area contributed by atoms with E-state index >= 15 is 0 Å². The van der Waals surface area contributed by atoms with Crippen LogP contribution in [0.25, 0.3) is 0 Å². The van der Waals surface area contributed by atoms with Gasteiger partial charge in [0.25, 0.3) is 0 Å². The maximum Gasteiger partial charge on any atom is 0.225 e. The molecule has 0 aliphatic heterocycles. The Morgan fingerprint density at radius 3 is 2.69 bits per heavy atom. The first-order valence-electron chi connectivity index (χ1n) is 8.67. The molecule has 3 rings (SSSR count). The first-order chi connectivity index (χ1) is 14.1. The van der Waals surface area contributed by atoms with Crippen LogP contribution >= 0.6 is 15.9 Å². The molecule has 0 aliphatic rings. The van der Waals surface area contributed by atoms with Crippen LogP contribution in [0.4, 0.5) is 15.9 Å². The molecule has 0 atom stereocenters. The molecule has 0 aliphatic carbocycles. The second-order valence-electron chi connectivity index (χ2n) is 6.05. The van der Waals surface area contributed by atoms with Crippen LogP contribution < -0.4 is 10.6 Å². The van der Waals surface area contributed by atoms with Gasteiger partial charge in [0, 0.05) is 12.1 Å². The normalized spacial score (nSPS) is 11.3. The molecule has 0 saturated heterocycles. The van der Waals surface area contributed by atoms with Gasteiger partial charge in [0.15, 0.2) is 5.69 Å². The van der Waals surface area contributed by atoms with E-state index in [2.05, 4.69) is 46.7 Å². The zero-order valence-corrected chi connectivity index (χ0v) is 16.7. The summed E-state index contributed by atoms with van der Waals surface area (Å²) in [6.07, 6.45) is 1.69. The maximum atomic E-state index is 13.4. The minimum absolute atomic E-state index is 0.00403. The summed E-state index contributed by atoms with van der Waals surface area (Å²) in [4.78, 5) is 12.2. The van der Waals surface area contributed by atoms with E-state index in [-0.39, 0.29) is 34.1 Å². The molecule has 2 aromatic carbocycles. The largest absolute Gasteiger partial charge is 0.409 e. The first-order valence-corrected chi connectivity index (χ1v) is 9.47. The zero-order chi connectivity index (χ0) is 20.6. The van der Waals surface area contributed by atoms with Gasteiger partial charge in [-0.1, -0.05) is 35.5 Å². The standard InChI is InChI=1S/C19H17BrFN5O3/c20-14-11-13(9-10-15(14)21)22-18(24-28)17-19(26-29-25-17)23-16(27)8-4-7-12-5-2-1-3-6-12/h1-3,5-6,9-11,28H,4,7-8H2,(H,22,24)(H,23,26,27). The molecule has 29 heavy (non-hydrogen) atoms. The van der Waals surface area contributed by atoms with Crippen LogP contribution in [0, 0.1) is 5.82 Å². The van der Waals surface area contributed by atoms with Crippen molar-refractivity contribution in [3.8, 4) is 0 Å². The summed E-state index contributed by atoms with van der Waals surface area (Å²) in [7, 11) is 0. The van der Waals surface area contributed by atoms with Crippen LogP contribution in [-0.4, -0.2) is 27.3 Å². The van der Waals surface area contributed by atoms with Crippen LogP contribution in [-0.2, 0) is 11.2 Å². The van der Waals surface area contributed by atoms with Gasteiger partial charge >= 0.3 is 0 Å². The number of rotatable bonds is 7. The van der Waals surface area contributed by atoms with Crippen molar-refractivity contribution in [2.45, 2.75) is 19.3 Å². The average Bonchev–Trinajstić information content (AvgIpc) is 3.17. The van der Waals surface area contributed by atoms with Gasteiger partial charge in [0.05, 0.1) is 4.47 Å². The van der Waals surface area contributed by atoms with Crippen LogP contribution in [0.2, 0.25) is 0 Å². The predicted octanol–water partition coefficient (Wildman–Crippen LogP) is 4.18. The molecule has 1 aromatic heterocycles. The molecule has 1 amide bonds. The molecule has 1 heterocycles. The molecule has 0 saturated carbocycles. The fraction of sp³-hybridized carbons (Fsp3) is 0.158. The first kappa shape index (κ1) is 20.5. The number of nitrogens with one attached hydrogen (secondary N) is 2. The molecule has 150 valence electrons. The van der Waals surface area contributed by atoms with E-state index in [9.17, 15) is 14.4 Å². The molecule has 0 spiro atoms. The SMILES string of the molecule is O=C(CCCc1ccccc1)Nc1nonc1/C(=N\O)Nc1ccc(F)c(Br)c1. The van der Waals surface area contributed by atoms with Crippen LogP contribution in [0.15, 0.2) is 62.8 Å². The van der Waals surface area contributed by atoms with E-state index in [1.807, 2.05) is 30.3 Å². The molecular weight excluding hydrogens is 445 g/mol. The Hall–Kier alpha value is -3.27. The molecule has 3 N–H and O–H groups in total. The van der Waals surface area contributed by atoms with Crippen molar-refractivity contribution in [1.29, 1.82) is 0 Å². The summed E-state index contributed by atoms with van der Waals surface area (Å²) in [5, 5.41) is 25.1. The quantitative estimate of drug-likeness (QED) is 0.210. The highest BCUT2D eigenvalue weighted by Crippen LogP contribution is 2.21. The Morgan fingerprint density at radius 1 is 1.17 bits per heavy atom. The van der Waals surface area contributed by atoms with Gasteiger partial charge in [-0.15, -0.1) is 0 Å². The molecule has 0 radical (unpaired) electrons. The third-order valence-electron chi connectivity index (χ3n) is 3.97. The number of anilines is 2. The molecular formula is C19H17BrFN5O3. The van der Waals surface area contributed by atoms with E-state index in [0.717, 1.165) is 12.0 Å². The monoisotopic (exact) mass is 461 g/mol. The average molecular weight is 462 g/mol. The van der Waals surface area contributed by atoms with Gasteiger partial charge < -0.3 is 15.8 Å². The van der Waals surface area contributed by atoms with Crippen LogP contribution in [0.5, 0.6) is 0 Å². The van der Waals surface area contributed by atoms with Crippen molar-refractivity contribution in [3.63, 3.8) is 0 Å². The van der Waals surface area contributed by atoms with Crippen molar-refractivity contribution < 1.29 is 19.0 Å². The fourth-order valence-corrected chi connectivity index (χ4v) is 2.94. The smallest absolute Gasteiger partial charge is 0.225 e. The lowest BCUT2D eigenvalue weighted by molar-refractivity contribution is -0.116. The third-order valence-corrected chi connectivity index (χ3v) is 4.57. The summed E-state index contributed by atoms with van der Waals surface area (Å²) in [6.45, 7) is 0. The number of amidine groups is 1. The topological polar surface area (TPSA) is 113 Å². The number of halogens is 2. The van der Waals surface area contributed by atoms with Gasteiger partial charge in [-0.25, -0.2) is 9.02 Å². The number of hydrogen-bond acceptors (Lipinski definition) is 6. The van der Waals surface area contributed by atoms with Crippen molar-refractivity contribution in [2.24, 2.45) is 5.16 Å². The van der Waals surface area contributed by atoms with E-state index in [1.165, 1.54) is 18.2 Å². The van der Waals surface area contributed by atoms with Gasteiger partial charge in [0.2, 0.25) is 17.6 Å². The Bertz CT molecular complexity index is 1010. The summed E-state index contributed by atoms with van der Waals surface area (Å²) in [5.74, 6) is -0.829. The lowest BCUT2D eigenvalue weighted by Gasteiger charge is -2.08. The minimum atomic E-state index is -0.440. The number of carbonyl (C=O) groups excluding carboxylic acids is 1. The van der Waals surface area contributed by atoms with Crippen molar-refractivity contribution >= 4 is 39.2 Å². The molecule has 0 bridgehead atoms. The number of nitrogens with zero attached hydrogens (tertiary/aromatic N) is 3. The predicted molar refractivity (Wildman–Crippen MR) is 108 cm³/mol. The Kier molecular flexibility index (Phi) is 6.90. The van der Waals surface area contributed by atoms with Crippen LogP contribution in [0.1, 0.15) is 24.1 Å². The summed E-state index contributed by atoms with van der Waals surface area (Å²) in [6, 6.07) is 14.0. The minimum Gasteiger partial charge on any atom is -0.409 e. The van der Waals surface area contributed by atoms with Crippen molar-refractivity contribution in [1.82, 2.24) is 10.3 Å². The van der Waals surface area contributed by atoms with Crippen LogP contribution in [0.3, 0.4) is 0 Å². The highest BCUT2D eigenvalue weighted by atomic mass is 79.9. The summed E-state index contributed by atoms with van der Waals surface area (Å²) >= 11 is 3.07. The molecule has 0 fully saturated rings. The summed E-state index contributed by atoms with van der Waals surface area (Å²) in [5.41, 5.74) is 1.58. The Morgan fingerprint density at radius 2 is 1.97 bits per heavy atom. The molecule has 8 nitrogen and oxygen atoms in total.